The Labute approximate surface area is 210 Å². The first-order valence-electron chi connectivity index (χ1n) is 11.0. The molecule has 0 fully saturated rings. The summed E-state index contributed by atoms with van der Waals surface area (Å²) in [6.07, 6.45) is 5.61. The molecule has 0 saturated heterocycles. The topological polar surface area (TPSA) is 75.5 Å². The zero-order valence-corrected chi connectivity index (χ0v) is 22.9. The Kier molecular flexibility index (Phi) is 7.74. The number of carbonyl (C=O) groups excluding carboxylic acids is 1. The molecule has 3 heterocycles. The molecule has 7 nitrogen and oxygen atoms in total. The Bertz CT molecular complexity index is 1280. The molecule has 4 rings (SSSR count). The lowest BCUT2D eigenvalue weighted by molar-refractivity contribution is 0.0598. The van der Waals surface area contributed by atoms with Gasteiger partial charge in [0.15, 0.2) is 5.82 Å². The van der Waals surface area contributed by atoms with Crippen molar-refractivity contribution < 1.29 is 19.0 Å². The number of carbonyl (C=O) groups is 1. The number of imidazole rings is 1. The van der Waals surface area contributed by atoms with E-state index in [0.29, 0.717) is 41.8 Å². The highest BCUT2D eigenvalue weighted by Crippen LogP contribution is 2.32. The maximum absolute atomic E-state index is 12.6. The second-order valence-electron chi connectivity index (χ2n) is 8.97. The van der Waals surface area contributed by atoms with Crippen LogP contribution in [0.25, 0.3) is 22.6 Å². The minimum atomic E-state index is -1.22. The van der Waals surface area contributed by atoms with E-state index < -0.39 is 14.0 Å². The molecule has 3 aromatic rings. The van der Waals surface area contributed by atoms with Gasteiger partial charge in [0, 0.05) is 26.9 Å². The number of halogens is 1. The number of pyridine rings is 1. The number of nitrogens with zero attached hydrogens (tertiary/aromatic N) is 3. The molecule has 0 aliphatic carbocycles. The van der Waals surface area contributed by atoms with Crippen LogP contribution in [0, 0.1) is 0 Å². The molecular formula is C25H28IN3O4Si. The van der Waals surface area contributed by atoms with Crippen molar-refractivity contribution in [1.82, 2.24) is 14.5 Å². The van der Waals surface area contributed by atoms with Crippen LogP contribution in [0.5, 0.6) is 5.75 Å². The predicted molar refractivity (Wildman–Crippen MR) is 146 cm³/mol. The zero-order valence-electron chi connectivity index (χ0n) is 19.7. The molecule has 2 aromatic heterocycles. The van der Waals surface area contributed by atoms with Crippen molar-refractivity contribution in [2.45, 2.75) is 32.4 Å². The lowest BCUT2D eigenvalue weighted by Gasteiger charge is -2.16. The Hall–Kier alpha value is -2.63. The molecular weight excluding hydrogens is 561 g/mol. The number of rotatable bonds is 9. The molecule has 0 radical (unpaired) electrons. The molecule has 0 N–H and O–H groups in total. The second-order valence-corrected chi connectivity index (χ2v) is 16.7. The van der Waals surface area contributed by atoms with Crippen LogP contribution in [0.3, 0.4) is 0 Å². The summed E-state index contributed by atoms with van der Waals surface area (Å²) in [5.41, 5.74) is 2.49. The Morgan fingerprint density at radius 2 is 2.06 bits per heavy atom. The molecule has 1 aliphatic rings. The van der Waals surface area contributed by atoms with E-state index in [1.165, 1.54) is 7.11 Å². The maximum Gasteiger partial charge on any atom is 0.341 e. The van der Waals surface area contributed by atoms with E-state index in [9.17, 15) is 4.79 Å². The molecule has 0 unspecified atom stereocenters. The van der Waals surface area contributed by atoms with E-state index in [-0.39, 0.29) is 20.7 Å². The average Bonchev–Trinajstić information content (AvgIpc) is 3.19. The molecule has 178 valence electrons. The predicted octanol–water partition coefficient (Wildman–Crippen LogP) is 5.76. The fourth-order valence-electron chi connectivity index (χ4n) is 3.35. The number of hydrogen-bond acceptors (Lipinski definition) is 6. The quantitative estimate of drug-likeness (QED) is 0.137. The molecule has 0 amide bonds. The first-order valence-corrected chi connectivity index (χ1v) is 17.2. The first-order chi connectivity index (χ1) is 16.4. The van der Waals surface area contributed by atoms with Crippen LogP contribution in [0.4, 0.5) is 0 Å². The summed E-state index contributed by atoms with van der Waals surface area (Å²) >= 11 is -0.0757. The lowest BCUT2D eigenvalue weighted by atomic mass is 10.1. The van der Waals surface area contributed by atoms with Gasteiger partial charge in [0.2, 0.25) is 0 Å². The van der Waals surface area contributed by atoms with Crippen LogP contribution in [-0.2, 0) is 16.2 Å². The molecule has 1 aliphatic heterocycles. The first kappa shape index (κ1) is 24.5. The Morgan fingerprint density at radius 3 is 2.74 bits per heavy atom. The number of allylic oxidation sites excluding steroid dienone is 2. The number of hydrogen-bond donors (Lipinski definition) is 0. The second kappa shape index (κ2) is 10.7. The number of ether oxygens (including phenoxy) is 3. The number of methoxy groups -OCH3 is 1. The molecule has 1 aromatic carbocycles. The summed E-state index contributed by atoms with van der Waals surface area (Å²) in [6.45, 7) is 7.98. The average molecular weight is 590 g/mol. The largest absolute Gasteiger partial charge is 0.465 e. The van der Waals surface area contributed by atoms with Crippen LogP contribution in [0.15, 0.2) is 58.5 Å². The SMILES string of the molecule is COC(=O)c1cc2nc(-c3ccccn3)n(COCC[Si](C)(C)C)c2cc1OC1=CC=IC=C1. The van der Waals surface area contributed by atoms with Crippen LogP contribution < -0.4 is 4.74 Å². The minimum absolute atomic E-state index is 0.0757. The Balaban J connectivity index is 1.79. The summed E-state index contributed by atoms with van der Waals surface area (Å²) in [5.74, 6) is 1.29. The fourth-order valence-corrected chi connectivity index (χ4v) is 5.47. The third-order valence-corrected chi connectivity index (χ3v) is 8.45. The van der Waals surface area contributed by atoms with Crippen LogP contribution >= 0.6 is 20.7 Å². The van der Waals surface area contributed by atoms with Crippen LogP contribution in [0.1, 0.15) is 10.4 Å². The molecule has 0 saturated carbocycles. The maximum atomic E-state index is 12.6. The number of esters is 1. The van der Waals surface area contributed by atoms with Gasteiger partial charge in [-0.2, -0.15) is 0 Å². The number of benzene rings is 1. The molecule has 0 bridgehead atoms. The summed E-state index contributed by atoms with van der Waals surface area (Å²) in [5, 5.41) is 0. The van der Waals surface area contributed by atoms with Crippen molar-refractivity contribution in [3.63, 3.8) is 0 Å². The van der Waals surface area contributed by atoms with Gasteiger partial charge < -0.3 is 14.2 Å². The fraction of sp³-hybridized carbons (Fsp3) is 0.280. The highest BCUT2D eigenvalue weighted by Gasteiger charge is 2.22. The van der Waals surface area contributed by atoms with Crippen molar-refractivity contribution in [2.24, 2.45) is 0 Å². The normalized spacial score (nSPS) is 13.5. The summed E-state index contributed by atoms with van der Waals surface area (Å²) in [4.78, 5) is 21.9. The third-order valence-electron chi connectivity index (χ3n) is 5.19. The van der Waals surface area contributed by atoms with Gasteiger partial charge in [-0.25, -0.2) is 9.78 Å². The molecule has 34 heavy (non-hydrogen) atoms. The van der Waals surface area contributed by atoms with Crippen molar-refractivity contribution in [1.29, 1.82) is 0 Å². The van der Waals surface area contributed by atoms with Gasteiger partial charge in [-0.1, -0.05) is 46.4 Å². The number of fused-ring (bicyclic) bond motifs is 1. The summed E-state index contributed by atoms with van der Waals surface area (Å²) < 4.78 is 23.4. The number of aromatic nitrogens is 3. The highest BCUT2D eigenvalue weighted by atomic mass is 127. The molecule has 0 spiro atoms. The van der Waals surface area contributed by atoms with Crippen molar-refractivity contribution in [2.75, 3.05) is 13.7 Å². The van der Waals surface area contributed by atoms with Crippen LogP contribution in [-0.4, -0.2) is 46.3 Å². The van der Waals surface area contributed by atoms with Crippen molar-refractivity contribution in [3.05, 3.63) is 64.1 Å². The van der Waals surface area contributed by atoms with E-state index in [0.717, 1.165) is 17.3 Å². The van der Waals surface area contributed by atoms with Gasteiger partial charge in [-0.05, 0) is 44.5 Å². The zero-order chi connectivity index (χ0) is 24.1. The van der Waals surface area contributed by atoms with Gasteiger partial charge in [-0.15, -0.1) is 0 Å². The summed E-state index contributed by atoms with van der Waals surface area (Å²) in [6, 6.07) is 10.3. The van der Waals surface area contributed by atoms with E-state index in [1.807, 2.05) is 41.0 Å². The highest BCUT2D eigenvalue weighted by molar-refractivity contribution is 14.2. The molecule has 0 atom stereocenters. The van der Waals surface area contributed by atoms with E-state index in [2.05, 4.69) is 32.7 Å². The summed E-state index contributed by atoms with van der Waals surface area (Å²) in [7, 11) is 0.144. The van der Waals surface area contributed by atoms with Gasteiger partial charge >= 0.3 is 5.97 Å². The van der Waals surface area contributed by atoms with Gasteiger partial charge in [0.05, 0.1) is 18.1 Å². The third kappa shape index (κ3) is 5.89. The smallest absolute Gasteiger partial charge is 0.341 e. The van der Waals surface area contributed by atoms with Gasteiger partial charge in [0.25, 0.3) is 0 Å². The standard InChI is InChI=1S/C25H28IN3O4Si/c1-31-25(30)19-15-21-22(16-23(19)33-18-8-10-26-11-9-18)29(17-32-13-14-34(2,3)4)24(28-21)20-7-5-6-12-27-20/h5-12,15-16H,13-14,17H2,1-4H3. The Morgan fingerprint density at radius 1 is 1.21 bits per heavy atom. The monoisotopic (exact) mass is 589 g/mol. The van der Waals surface area contributed by atoms with E-state index in [4.69, 9.17) is 19.2 Å². The van der Waals surface area contributed by atoms with Crippen molar-refractivity contribution >= 4 is 49.8 Å². The lowest BCUT2D eigenvalue weighted by Crippen LogP contribution is -2.22. The molecule has 9 heteroatoms. The van der Waals surface area contributed by atoms with E-state index >= 15 is 0 Å². The minimum Gasteiger partial charge on any atom is -0.465 e. The van der Waals surface area contributed by atoms with Gasteiger partial charge in [0.1, 0.15) is 29.5 Å². The van der Waals surface area contributed by atoms with Gasteiger partial charge in [-0.3, -0.25) is 9.55 Å². The van der Waals surface area contributed by atoms with Crippen LogP contribution in [0.2, 0.25) is 25.7 Å². The van der Waals surface area contributed by atoms with Crippen molar-refractivity contribution in [3.8, 4) is 17.3 Å². The van der Waals surface area contributed by atoms with E-state index in [1.54, 1.807) is 12.3 Å².